The maximum absolute atomic E-state index is 12.8. The van der Waals surface area contributed by atoms with Crippen molar-refractivity contribution in [1.29, 1.82) is 0 Å². The predicted molar refractivity (Wildman–Crippen MR) is 107 cm³/mol. The van der Waals surface area contributed by atoms with E-state index in [-0.39, 0.29) is 24.4 Å². The summed E-state index contributed by atoms with van der Waals surface area (Å²) < 4.78 is 0. The van der Waals surface area contributed by atoms with Crippen molar-refractivity contribution in [3.63, 3.8) is 0 Å². The summed E-state index contributed by atoms with van der Waals surface area (Å²) in [5.41, 5.74) is 0.579. The van der Waals surface area contributed by atoms with Gasteiger partial charge in [0.05, 0.1) is 22.6 Å². The van der Waals surface area contributed by atoms with Crippen molar-refractivity contribution in [2.75, 3.05) is 32.0 Å². The normalized spacial score (nSPS) is 21.6. The van der Waals surface area contributed by atoms with Crippen molar-refractivity contribution in [1.82, 2.24) is 9.80 Å². The Morgan fingerprint density at radius 3 is 2.42 bits per heavy atom. The van der Waals surface area contributed by atoms with Crippen molar-refractivity contribution in [3.05, 3.63) is 28.2 Å². The highest BCUT2D eigenvalue weighted by Crippen LogP contribution is 2.25. The maximum Gasteiger partial charge on any atom is 0.239 e. The summed E-state index contributed by atoms with van der Waals surface area (Å²) in [4.78, 5) is 28.7. The van der Waals surface area contributed by atoms with E-state index >= 15 is 0 Å². The Labute approximate surface area is 165 Å². The molecule has 7 heteroatoms. The molecule has 1 saturated heterocycles. The van der Waals surface area contributed by atoms with Gasteiger partial charge in [0, 0.05) is 18.8 Å². The van der Waals surface area contributed by atoms with Gasteiger partial charge < -0.3 is 10.2 Å². The summed E-state index contributed by atoms with van der Waals surface area (Å²) in [6, 6.07) is 4.57. The number of nitrogens with one attached hydrogen (secondary N) is 1. The van der Waals surface area contributed by atoms with E-state index in [1.165, 1.54) is 0 Å². The zero-order valence-corrected chi connectivity index (χ0v) is 17.3. The fraction of sp³-hybridized carbons (Fsp3) is 0.579. The third-order valence-corrected chi connectivity index (χ3v) is 5.53. The molecule has 0 saturated carbocycles. The van der Waals surface area contributed by atoms with Gasteiger partial charge >= 0.3 is 0 Å². The number of amides is 2. The largest absolute Gasteiger partial charge is 0.341 e. The van der Waals surface area contributed by atoms with E-state index in [0.29, 0.717) is 27.6 Å². The minimum Gasteiger partial charge on any atom is -0.341 e. The molecule has 1 aliphatic heterocycles. The molecule has 26 heavy (non-hydrogen) atoms. The zero-order chi connectivity index (χ0) is 19.4. The van der Waals surface area contributed by atoms with Crippen LogP contribution in [-0.2, 0) is 9.59 Å². The first-order valence-corrected chi connectivity index (χ1v) is 9.67. The number of carbonyl (C=O) groups excluding carboxylic acids is 2. The lowest BCUT2D eigenvalue weighted by atomic mass is 9.91. The van der Waals surface area contributed by atoms with Crippen LogP contribution >= 0.6 is 23.2 Å². The Hall–Kier alpha value is -1.30. The molecular weight excluding hydrogens is 373 g/mol. The molecule has 0 radical (unpaired) electrons. The minimum absolute atomic E-state index is 0.0771. The first-order chi connectivity index (χ1) is 12.2. The van der Waals surface area contributed by atoms with E-state index in [2.05, 4.69) is 19.2 Å². The highest BCUT2D eigenvalue weighted by molar-refractivity contribution is 6.42. The average molecular weight is 400 g/mol. The molecule has 0 spiro atoms. The van der Waals surface area contributed by atoms with Crippen LogP contribution in [-0.4, -0.2) is 54.3 Å². The smallest absolute Gasteiger partial charge is 0.239 e. The van der Waals surface area contributed by atoms with Crippen LogP contribution < -0.4 is 5.32 Å². The van der Waals surface area contributed by atoms with E-state index in [1.54, 1.807) is 30.1 Å². The molecule has 0 aliphatic carbocycles. The third-order valence-electron chi connectivity index (χ3n) is 4.80. The Balaban J connectivity index is 1.90. The molecule has 3 atom stereocenters. The lowest BCUT2D eigenvalue weighted by Crippen LogP contribution is -2.51. The van der Waals surface area contributed by atoms with Gasteiger partial charge in [-0.2, -0.15) is 0 Å². The fourth-order valence-corrected chi connectivity index (χ4v) is 3.73. The molecule has 1 aromatic carbocycles. The van der Waals surface area contributed by atoms with Crippen molar-refractivity contribution in [2.45, 2.75) is 33.2 Å². The minimum atomic E-state index is -0.355. The van der Waals surface area contributed by atoms with Crippen molar-refractivity contribution in [2.24, 2.45) is 11.8 Å². The summed E-state index contributed by atoms with van der Waals surface area (Å²) in [5, 5.41) is 3.60. The van der Waals surface area contributed by atoms with Crippen LogP contribution in [0.2, 0.25) is 10.0 Å². The van der Waals surface area contributed by atoms with Gasteiger partial charge in [0.15, 0.2) is 0 Å². The van der Waals surface area contributed by atoms with Gasteiger partial charge in [-0.25, -0.2) is 0 Å². The Morgan fingerprint density at radius 2 is 1.85 bits per heavy atom. The predicted octanol–water partition coefficient (Wildman–Crippen LogP) is 3.76. The Morgan fingerprint density at radius 1 is 1.23 bits per heavy atom. The number of nitrogens with zero attached hydrogens (tertiary/aromatic N) is 2. The monoisotopic (exact) mass is 399 g/mol. The molecule has 0 bridgehead atoms. The lowest BCUT2D eigenvalue weighted by Gasteiger charge is -2.38. The number of anilines is 1. The number of likely N-dealkylation sites (tertiary alicyclic amines) is 1. The average Bonchev–Trinajstić information content (AvgIpc) is 2.55. The quantitative estimate of drug-likeness (QED) is 0.819. The van der Waals surface area contributed by atoms with Crippen LogP contribution in [0, 0.1) is 11.8 Å². The van der Waals surface area contributed by atoms with Crippen molar-refractivity contribution >= 4 is 40.7 Å². The van der Waals surface area contributed by atoms with Gasteiger partial charge in [-0.05, 0) is 50.4 Å². The molecule has 1 N–H and O–H groups in total. The summed E-state index contributed by atoms with van der Waals surface area (Å²) in [6.45, 7) is 7.89. The molecule has 1 aliphatic rings. The molecule has 0 aromatic heterocycles. The SMILES string of the molecule is C[C@@H]1C[C@@H](C)CN(C(=O)[C@@H](C)N(C)CC(=O)Nc2ccc(Cl)c(Cl)c2)C1. The first kappa shape index (κ1) is 21.0. The number of likely N-dealkylation sites (N-methyl/N-ethyl adjacent to an activating group) is 1. The number of benzene rings is 1. The molecule has 2 amide bonds. The van der Waals surface area contributed by atoms with Gasteiger partial charge in [-0.3, -0.25) is 14.5 Å². The van der Waals surface area contributed by atoms with E-state index in [0.717, 1.165) is 19.5 Å². The number of hydrogen-bond donors (Lipinski definition) is 1. The van der Waals surface area contributed by atoms with E-state index < -0.39 is 0 Å². The van der Waals surface area contributed by atoms with E-state index in [9.17, 15) is 9.59 Å². The van der Waals surface area contributed by atoms with Gasteiger partial charge in [0.25, 0.3) is 0 Å². The highest BCUT2D eigenvalue weighted by Gasteiger charge is 2.30. The van der Waals surface area contributed by atoms with Crippen molar-refractivity contribution < 1.29 is 9.59 Å². The van der Waals surface area contributed by atoms with Crippen molar-refractivity contribution in [3.8, 4) is 0 Å². The number of halogens is 2. The highest BCUT2D eigenvalue weighted by atomic mass is 35.5. The van der Waals surface area contributed by atoms with Crippen LogP contribution in [0.15, 0.2) is 18.2 Å². The lowest BCUT2D eigenvalue weighted by molar-refractivity contribution is -0.139. The molecule has 1 aromatic rings. The van der Waals surface area contributed by atoms with Crippen LogP contribution in [0.1, 0.15) is 27.2 Å². The number of carbonyl (C=O) groups is 2. The molecular formula is C19H27Cl2N3O2. The van der Waals surface area contributed by atoms with Crippen LogP contribution in [0.25, 0.3) is 0 Å². The van der Waals surface area contributed by atoms with E-state index in [4.69, 9.17) is 23.2 Å². The molecule has 1 fully saturated rings. The number of hydrogen-bond acceptors (Lipinski definition) is 3. The van der Waals surface area contributed by atoms with Crippen LogP contribution in [0.3, 0.4) is 0 Å². The number of rotatable bonds is 5. The zero-order valence-electron chi connectivity index (χ0n) is 15.8. The Kier molecular flexibility index (Phi) is 7.33. The second-order valence-corrected chi connectivity index (χ2v) is 8.27. The summed E-state index contributed by atoms with van der Waals surface area (Å²) in [7, 11) is 1.79. The van der Waals surface area contributed by atoms with Gasteiger partial charge in [0.2, 0.25) is 11.8 Å². The Bertz CT molecular complexity index is 658. The van der Waals surface area contributed by atoms with Crippen LogP contribution in [0.4, 0.5) is 5.69 Å². The maximum atomic E-state index is 12.8. The molecule has 0 unspecified atom stereocenters. The van der Waals surface area contributed by atoms with Gasteiger partial charge in [-0.1, -0.05) is 37.0 Å². The first-order valence-electron chi connectivity index (χ1n) is 8.91. The van der Waals surface area contributed by atoms with Gasteiger partial charge in [0.1, 0.15) is 0 Å². The topological polar surface area (TPSA) is 52.7 Å². The molecule has 1 heterocycles. The molecule has 144 valence electrons. The fourth-order valence-electron chi connectivity index (χ4n) is 3.43. The summed E-state index contributed by atoms with van der Waals surface area (Å²) in [5.74, 6) is 0.899. The summed E-state index contributed by atoms with van der Waals surface area (Å²) in [6.07, 6.45) is 1.15. The number of piperidine rings is 1. The van der Waals surface area contributed by atoms with E-state index in [1.807, 2.05) is 11.8 Å². The molecule has 2 rings (SSSR count). The molecule has 5 nitrogen and oxygen atoms in total. The standard InChI is InChI=1S/C19H27Cl2N3O2/c1-12-7-13(2)10-24(9-12)19(26)14(3)23(4)11-18(25)22-15-5-6-16(20)17(21)8-15/h5-6,8,12-14H,7,9-11H2,1-4H3,(H,22,25)/t12-,13-,14-/m1/s1. The second kappa shape index (κ2) is 9.07. The summed E-state index contributed by atoms with van der Waals surface area (Å²) >= 11 is 11.8. The second-order valence-electron chi connectivity index (χ2n) is 7.46. The van der Waals surface area contributed by atoms with Crippen LogP contribution in [0.5, 0.6) is 0 Å². The third kappa shape index (κ3) is 5.60. The van der Waals surface area contributed by atoms with Gasteiger partial charge in [-0.15, -0.1) is 0 Å².